The highest BCUT2D eigenvalue weighted by atomic mass is 35.5. The van der Waals surface area contributed by atoms with Gasteiger partial charge >= 0.3 is 0 Å². The number of carbonyl (C=O) groups is 1. The van der Waals surface area contributed by atoms with E-state index in [0.29, 0.717) is 12.0 Å². The Morgan fingerprint density at radius 1 is 1.28 bits per heavy atom. The molecule has 0 spiro atoms. The third-order valence-corrected chi connectivity index (χ3v) is 2.39. The van der Waals surface area contributed by atoms with E-state index in [4.69, 9.17) is 5.73 Å². The molecule has 0 amide bonds. The molecule has 0 aliphatic rings. The van der Waals surface area contributed by atoms with Crippen molar-refractivity contribution in [2.24, 2.45) is 5.73 Å². The number of nitrogens with zero attached hydrogens (tertiary/aromatic N) is 1. The molecular weight excluding hydrogens is 273 g/mol. The maximum absolute atomic E-state index is 11.9. The first-order chi connectivity index (χ1) is 7.77. The largest absolute Gasteiger partial charge is 0.348 e. The number of H-pyrrole nitrogens is 1. The van der Waals surface area contributed by atoms with Gasteiger partial charge in [0.05, 0.1) is 12.4 Å². The summed E-state index contributed by atoms with van der Waals surface area (Å²) in [5.74, 6) is -0.0461. The normalized spacial score (nSPS) is 10.9. The number of rotatable bonds is 4. The van der Waals surface area contributed by atoms with E-state index in [0.717, 1.165) is 5.69 Å². The van der Waals surface area contributed by atoms with Crippen LogP contribution in [-0.2, 0) is 6.42 Å². The highest BCUT2D eigenvalue weighted by Crippen LogP contribution is 2.05. The monoisotopic (exact) mass is 287 g/mol. The standard InChI is InChI=1S/C12H13N3O.2ClH/c13-11(6-10-7-14-8-15-10)12(16)9-4-2-1-3-5-9;;/h1-5,7-8,11H,6,13H2,(H,14,15);2*1H/t11-;;/m0../s1. The predicted octanol–water partition coefficient (Wildman–Crippen LogP) is 2.01. The molecule has 1 atom stereocenters. The lowest BCUT2D eigenvalue weighted by Gasteiger charge is -2.08. The number of nitrogens with one attached hydrogen (secondary N) is 1. The summed E-state index contributed by atoms with van der Waals surface area (Å²) in [4.78, 5) is 18.7. The Bertz CT molecular complexity index is 459. The molecule has 0 aliphatic carbocycles. The minimum absolute atomic E-state index is 0. The first kappa shape index (κ1) is 16.6. The number of benzene rings is 1. The average Bonchev–Trinajstić information content (AvgIpc) is 2.82. The van der Waals surface area contributed by atoms with Crippen LogP contribution in [0.15, 0.2) is 42.9 Å². The molecule has 0 unspecified atom stereocenters. The lowest BCUT2D eigenvalue weighted by molar-refractivity contribution is 0.0960. The third-order valence-electron chi connectivity index (χ3n) is 2.39. The van der Waals surface area contributed by atoms with E-state index in [1.807, 2.05) is 18.2 Å². The fraction of sp³-hybridized carbons (Fsp3) is 0.167. The number of Topliss-reactive ketones (excluding diaryl/α,β-unsaturated/α-hetero) is 1. The van der Waals surface area contributed by atoms with Gasteiger partial charge in [0.15, 0.2) is 5.78 Å². The second-order valence-electron chi connectivity index (χ2n) is 3.62. The number of hydrogen-bond donors (Lipinski definition) is 2. The molecule has 98 valence electrons. The first-order valence-corrected chi connectivity index (χ1v) is 5.09. The number of nitrogens with two attached hydrogens (primary N) is 1. The number of aromatic amines is 1. The number of ketones is 1. The Labute approximate surface area is 118 Å². The molecule has 2 rings (SSSR count). The van der Waals surface area contributed by atoms with E-state index < -0.39 is 6.04 Å². The van der Waals surface area contributed by atoms with Crippen molar-refractivity contribution in [2.75, 3.05) is 0 Å². The van der Waals surface area contributed by atoms with Gasteiger partial charge in [-0.1, -0.05) is 30.3 Å². The molecule has 0 aliphatic heterocycles. The zero-order chi connectivity index (χ0) is 11.4. The second kappa shape index (κ2) is 7.87. The van der Waals surface area contributed by atoms with Crippen LogP contribution in [0.1, 0.15) is 16.1 Å². The van der Waals surface area contributed by atoms with E-state index >= 15 is 0 Å². The Kier molecular flexibility index (Phi) is 7.27. The van der Waals surface area contributed by atoms with Gasteiger partial charge in [-0.25, -0.2) is 4.98 Å². The van der Waals surface area contributed by atoms with Crippen molar-refractivity contribution in [3.63, 3.8) is 0 Å². The second-order valence-corrected chi connectivity index (χ2v) is 3.62. The Balaban J connectivity index is 0.00000144. The number of hydrogen-bond acceptors (Lipinski definition) is 3. The Morgan fingerprint density at radius 3 is 2.50 bits per heavy atom. The minimum atomic E-state index is -0.525. The fourth-order valence-electron chi connectivity index (χ4n) is 1.54. The zero-order valence-electron chi connectivity index (χ0n) is 9.58. The van der Waals surface area contributed by atoms with Crippen molar-refractivity contribution in [3.05, 3.63) is 54.1 Å². The van der Waals surface area contributed by atoms with Gasteiger partial charge in [-0.05, 0) is 0 Å². The molecule has 0 fully saturated rings. The first-order valence-electron chi connectivity index (χ1n) is 5.09. The number of aromatic nitrogens is 2. The highest BCUT2D eigenvalue weighted by Gasteiger charge is 2.16. The Morgan fingerprint density at radius 2 is 1.94 bits per heavy atom. The van der Waals surface area contributed by atoms with Gasteiger partial charge in [-0.15, -0.1) is 24.8 Å². The summed E-state index contributed by atoms with van der Waals surface area (Å²) < 4.78 is 0. The van der Waals surface area contributed by atoms with Crippen LogP contribution in [0.5, 0.6) is 0 Å². The molecule has 0 saturated carbocycles. The zero-order valence-corrected chi connectivity index (χ0v) is 11.2. The molecule has 18 heavy (non-hydrogen) atoms. The summed E-state index contributed by atoms with van der Waals surface area (Å²) in [5, 5.41) is 0. The number of halogens is 2. The van der Waals surface area contributed by atoms with E-state index in [1.165, 1.54) is 0 Å². The molecule has 3 N–H and O–H groups in total. The summed E-state index contributed by atoms with van der Waals surface area (Å²) >= 11 is 0. The van der Waals surface area contributed by atoms with E-state index in [-0.39, 0.29) is 30.6 Å². The summed E-state index contributed by atoms with van der Waals surface area (Å²) in [5.41, 5.74) is 7.36. The molecule has 0 radical (unpaired) electrons. The number of imidazole rings is 1. The van der Waals surface area contributed by atoms with Crippen LogP contribution >= 0.6 is 24.8 Å². The van der Waals surface area contributed by atoms with Gasteiger partial charge in [0.2, 0.25) is 0 Å². The molecular formula is C12H15Cl2N3O. The van der Waals surface area contributed by atoms with Crippen molar-refractivity contribution in [2.45, 2.75) is 12.5 Å². The lowest BCUT2D eigenvalue weighted by atomic mass is 10.0. The molecule has 1 aromatic carbocycles. The van der Waals surface area contributed by atoms with Crippen LogP contribution in [0, 0.1) is 0 Å². The van der Waals surface area contributed by atoms with Crippen molar-refractivity contribution >= 4 is 30.6 Å². The minimum Gasteiger partial charge on any atom is -0.348 e. The van der Waals surface area contributed by atoms with Gasteiger partial charge in [0, 0.05) is 23.9 Å². The van der Waals surface area contributed by atoms with Crippen molar-refractivity contribution in [1.82, 2.24) is 9.97 Å². The van der Waals surface area contributed by atoms with Gasteiger partial charge < -0.3 is 10.7 Å². The Hall–Kier alpha value is -1.36. The third kappa shape index (κ3) is 4.14. The highest BCUT2D eigenvalue weighted by molar-refractivity contribution is 6.00. The summed E-state index contributed by atoms with van der Waals surface area (Å²) in [6.45, 7) is 0. The quantitative estimate of drug-likeness (QED) is 0.845. The predicted molar refractivity (Wildman–Crippen MR) is 75.5 cm³/mol. The van der Waals surface area contributed by atoms with Gasteiger partial charge in [0.1, 0.15) is 0 Å². The SMILES string of the molecule is Cl.Cl.N[C@@H](Cc1cnc[nH]1)C(=O)c1ccccc1. The average molecular weight is 288 g/mol. The van der Waals surface area contributed by atoms with Crippen LogP contribution in [0.25, 0.3) is 0 Å². The topological polar surface area (TPSA) is 71.8 Å². The summed E-state index contributed by atoms with van der Waals surface area (Å²) in [7, 11) is 0. The molecule has 6 heteroatoms. The molecule has 0 bridgehead atoms. The smallest absolute Gasteiger partial charge is 0.179 e. The summed E-state index contributed by atoms with van der Waals surface area (Å²) in [6.07, 6.45) is 3.74. The van der Waals surface area contributed by atoms with Crippen LogP contribution < -0.4 is 5.73 Å². The van der Waals surface area contributed by atoms with Gasteiger partial charge in [0.25, 0.3) is 0 Å². The van der Waals surface area contributed by atoms with Crippen LogP contribution in [0.3, 0.4) is 0 Å². The lowest BCUT2D eigenvalue weighted by Crippen LogP contribution is -2.32. The van der Waals surface area contributed by atoms with Gasteiger partial charge in [-0.2, -0.15) is 0 Å². The molecule has 1 aromatic heterocycles. The van der Waals surface area contributed by atoms with Crippen molar-refractivity contribution < 1.29 is 4.79 Å². The molecule has 0 saturated heterocycles. The van der Waals surface area contributed by atoms with Crippen molar-refractivity contribution in [3.8, 4) is 0 Å². The van der Waals surface area contributed by atoms with Crippen LogP contribution in [0.4, 0.5) is 0 Å². The van der Waals surface area contributed by atoms with Crippen LogP contribution in [0.2, 0.25) is 0 Å². The molecule has 1 heterocycles. The van der Waals surface area contributed by atoms with E-state index in [1.54, 1.807) is 24.7 Å². The van der Waals surface area contributed by atoms with Gasteiger partial charge in [-0.3, -0.25) is 4.79 Å². The fourth-order valence-corrected chi connectivity index (χ4v) is 1.54. The van der Waals surface area contributed by atoms with E-state index in [9.17, 15) is 4.79 Å². The molecule has 2 aromatic rings. The summed E-state index contributed by atoms with van der Waals surface area (Å²) in [6, 6.07) is 8.55. The maximum Gasteiger partial charge on any atom is 0.179 e. The van der Waals surface area contributed by atoms with Crippen LogP contribution in [-0.4, -0.2) is 21.8 Å². The number of carbonyl (C=O) groups excluding carboxylic acids is 1. The maximum atomic E-state index is 11.9. The van der Waals surface area contributed by atoms with E-state index in [2.05, 4.69) is 9.97 Å². The van der Waals surface area contributed by atoms with Crippen molar-refractivity contribution in [1.29, 1.82) is 0 Å². The molecule has 4 nitrogen and oxygen atoms in total.